The molecule has 6 N–H and O–H groups in total. The Morgan fingerprint density at radius 3 is 2.11 bits per heavy atom. The second kappa shape index (κ2) is 18.6. The molecule has 320 valence electrons. The summed E-state index contributed by atoms with van der Waals surface area (Å²) in [6.45, 7) is 8.28. The van der Waals surface area contributed by atoms with E-state index in [0.717, 1.165) is 0 Å². The zero-order chi connectivity index (χ0) is 43.2. The van der Waals surface area contributed by atoms with E-state index in [9.17, 15) is 29.7 Å². The summed E-state index contributed by atoms with van der Waals surface area (Å²) in [6, 6.07) is 17.9. The fraction of sp³-hybridized carbons (Fsp3) is 0.395. The number of piperidine rings is 2. The number of carboxylic acid groups (broad SMARTS) is 1. The number of aliphatic carboxylic acids is 1. The van der Waals surface area contributed by atoms with Crippen molar-refractivity contribution in [1.29, 1.82) is 0 Å². The molecule has 0 radical (unpaired) electrons. The molecule has 7 rings (SSSR count). The van der Waals surface area contributed by atoms with Crippen LogP contribution in [0.1, 0.15) is 80.2 Å². The van der Waals surface area contributed by atoms with Gasteiger partial charge in [0.05, 0.1) is 17.5 Å². The number of amides is 1. The number of benzene rings is 3. The number of anilines is 2. The number of aromatic nitrogens is 6. The predicted molar refractivity (Wildman–Crippen MR) is 224 cm³/mol. The van der Waals surface area contributed by atoms with Gasteiger partial charge in [0, 0.05) is 57.3 Å². The first-order valence-electron chi connectivity index (χ1n) is 20.4. The Labute approximate surface area is 352 Å². The number of carbonyl (C=O) groups excluding carboxylic acids is 2. The van der Waals surface area contributed by atoms with E-state index in [1.165, 1.54) is 12.4 Å². The molecule has 18 heteroatoms. The van der Waals surface area contributed by atoms with Gasteiger partial charge in [-0.05, 0) is 67.1 Å². The molecule has 4 heterocycles. The summed E-state index contributed by atoms with van der Waals surface area (Å²) in [4.78, 5) is 55.8. The second-order valence-electron chi connectivity index (χ2n) is 15.4. The number of esters is 1. The second-order valence-corrected chi connectivity index (χ2v) is 15.4. The minimum Gasteiger partial charge on any atom is -0.508 e. The number of aromatic hydroxyl groups is 2. The maximum Gasteiger partial charge on any atom is 0.347 e. The highest BCUT2D eigenvalue weighted by Crippen LogP contribution is 2.38. The highest BCUT2D eigenvalue weighted by molar-refractivity contribution is 5.92. The molecule has 61 heavy (non-hydrogen) atoms. The van der Waals surface area contributed by atoms with Gasteiger partial charge in [0.2, 0.25) is 23.8 Å². The van der Waals surface area contributed by atoms with Gasteiger partial charge in [0.25, 0.3) is 5.91 Å². The lowest BCUT2D eigenvalue weighted by Crippen LogP contribution is -2.42. The van der Waals surface area contributed by atoms with E-state index in [-0.39, 0.29) is 35.2 Å². The van der Waals surface area contributed by atoms with Crippen LogP contribution >= 0.6 is 0 Å². The molecule has 5 aromatic rings. The van der Waals surface area contributed by atoms with Gasteiger partial charge in [0.15, 0.2) is 5.82 Å². The van der Waals surface area contributed by atoms with Crippen molar-refractivity contribution in [1.82, 2.24) is 35.0 Å². The summed E-state index contributed by atoms with van der Waals surface area (Å²) in [6.07, 6.45) is 2.19. The average molecular weight is 835 g/mol. The molecule has 1 unspecified atom stereocenters. The van der Waals surface area contributed by atoms with Crippen molar-refractivity contribution < 1.29 is 39.2 Å². The van der Waals surface area contributed by atoms with Gasteiger partial charge in [-0.3, -0.25) is 14.2 Å². The van der Waals surface area contributed by atoms with Crippen LogP contribution in [0.3, 0.4) is 0 Å². The van der Waals surface area contributed by atoms with Crippen LogP contribution in [0, 0.1) is 5.92 Å². The van der Waals surface area contributed by atoms with E-state index >= 15 is 0 Å². The smallest absolute Gasteiger partial charge is 0.347 e. The van der Waals surface area contributed by atoms with Crippen molar-refractivity contribution in [3.05, 3.63) is 90.0 Å². The van der Waals surface area contributed by atoms with Crippen LogP contribution in [0.15, 0.2) is 73.1 Å². The van der Waals surface area contributed by atoms with E-state index in [2.05, 4.69) is 30.4 Å². The molecule has 0 spiro atoms. The predicted octanol–water partition coefficient (Wildman–Crippen LogP) is 4.36. The lowest BCUT2D eigenvalue weighted by molar-refractivity contribution is -0.169. The number of phenolic OH excluding ortho intramolecular Hbond substituents is 2. The SMILES string of the molecule is CCNC(=O)c1nnc(-c2cc(C(C)C)c(O)cc2O)n1-c1ccc(OC2CCN(c3ncnc(N4CCC(C(=O)OC(C(=O)O)[C@@H](N)c5ccccc5)CC4)n3)CC2)cc1. The summed E-state index contributed by atoms with van der Waals surface area (Å²) >= 11 is 0. The van der Waals surface area contributed by atoms with E-state index < -0.39 is 35.9 Å². The number of hydrogen-bond acceptors (Lipinski definition) is 15. The molecule has 2 aliphatic heterocycles. The van der Waals surface area contributed by atoms with Crippen LogP contribution in [0.2, 0.25) is 0 Å². The molecule has 2 aromatic heterocycles. The largest absolute Gasteiger partial charge is 0.508 e. The minimum absolute atomic E-state index is 0.0350. The molecule has 0 aliphatic carbocycles. The Kier molecular flexibility index (Phi) is 12.9. The summed E-state index contributed by atoms with van der Waals surface area (Å²) in [5.41, 5.74) is 8.26. The van der Waals surface area contributed by atoms with Gasteiger partial charge >= 0.3 is 11.9 Å². The normalized spacial score (nSPS) is 16.0. The summed E-state index contributed by atoms with van der Waals surface area (Å²) in [5.74, 6) is -1.11. The van der Waals surface area contributed by atoms with E-state index in [0.29, 0.717) is 98.4 Å². The topological polar surface area (TPSA) is 244 Å². The number of hydrogen-bond donors (Lipinski definition) is 5. The standard InChI is InChI=1S/C43H50N10O8/c1-4-45-39(56)38-50-49-37(32-22-31(25(2)3)33(54)23-34(32)55)53(38)28-10-12-29(13-11-28)60-30-16-20-52(21-17-30)43-47-24-46-42(48-43)51-18-14-27(15-19-51)41(59)61-36(40(57)58)35(44)26-8-6-5-7-9-26/h5-13,22-25,27,30,35-36,54-55H,4,14-21,44H2,1-3H3,(H,45,56)(H,57,58)/t35-,36?/m0/s1. The van der Waals surface area contributed by atoms with Crippen LogP contribution in [-0.4, -0.2) is 108 Å². The fourth-order valence-corrected chi connectivity index (χ4v) is 7.61. The Hall–Kier alpha value is -6.82. The van der Waals surface area contributed by atoms with Crippen LogP contribution < -0.4 is 25.6 Å². The third kappa shape index (κ3) is 9.49. The van der Waals surface area contributed by atoms with Crippen LogP contribution in [-0.2, 0) is 14.3 Å². The zero-order valence-electron chi connectivity index (χ0n) is 34.2. The van der Waals surface area contributed by atoms with Crippen LogP contribution in [0.25, 0.3) is 17.1 Å². The van der Waals surface area contributed by atoms with Crippen molar-refractivity contribution in [2.24, 2.45) is 11.7 Å². The maximum atomic E-state index is 13.1. The Balaban J connectivity index is 0.951. The van der Waals surface area contributed by atoms with Gasteiger partial charge in [0.1, 0.15) is 29.7 Å². The highest BCUT2D eigenvalue weighted by atomic mass is 16.6. The Morgan fingerprint density at radius 2 is 1.51 bits per heavy atom. The molecule has 2 aliphatic rings. The quantitative estimate of drug-likeness (QED) is 0.0976. The minimum atomic E-state index is -1.50. The lowest BCUT2D eigenvalue weighted by atomic mass is 9.96. The Morgan fingerprint density at radius 1 is 0.869 bits per heavy atom. The van der Waals surface area contributed by atoms with Gasteiger partial charge in [-0.15, -0.1) is 10.2 Å². The van der Waals surface area contributed by atoms with E-state index in [4.69, 9.17) is 20.2 Å². The first kappa shape index (κ1) is 42.3. The zero-order valence-corrected chi connectivity index (χ0v) is 34.2. The number of ether oxygens (including phenoxy) is 2. The summed E-state index contributed by atoms with van der Waals surface area (Å²) < 4.78 is 13.4. The number of phenols is 2. The van der Waals surface area contributed by atoms with Crippen molar-refractivity contribution in [2.75, 3.05) is 42.5 Å². The summed E-state index contributed by atoms with van der Waals surface area (Å²) in [5, 5.41) is 42.3. The molecule has 2 atom stereocenters. The fourth-order valence-electron chi connectivity index (χ4n) is 7.61. The molecule has 1 amide bonds. The molecular weight excluding hydrogens is 785 g/mol. The summed E-state index contributed by atoms with van der Waals surface area (Å²) in [7, 11) is 0. The monoisotopic (exact) mass is 834 g/mol. The van der Waals surface area contributed by atoms with Crippen molar-refractivity contribution >= 4 is 29.7 Å². The van der Waals surface area contributed by atoms with E-state index in [1.807, 2.05) is 30.9 Å². The number of nitrogens with one attached hydrogen (secondary N) is 1. The highest BCUT2D eigenvalue weighted by Gasteiger charge is 2.35. The lowest BCUT2D eigenvalue weighted by Gasteiger charge is -2.34. The molecule has 3 aromatic carbocycles. The van der Waals surface area contributed by atoms with Gasteiger partial charge in [-0.1, -0.05) is 44.2 Å². The van der Waals surface area contributed by atoms with Crippen LogP contribution in [0.5, 0.6) is 17.2 Å². The van der Waals surface area contributed by atoms with Gasteiger partial charge in [-0.2, -0.15) is 4.98 Å². The van der Waals surface area contributed by atoms with Crippen molar-refractivity contribution in [3.63, 3.8) is 0 Å². The number of nitrogens with two attached hydrogens (primary N) is 1. The molecule has 2 fully saturated rings. The third-order valence-electron chi connectivity index (χ3n) is 11.0. The first-order valence-corrected chi connectivity index (χ1v) is 20.4. The molecule has 0 bridgehead atoms. The number of carbonyl (C=O) groups is 3. The average Bonchev–Trinajstić information content (AvgIpc) is 3.71. The number of carboxylic acids is 1. The molecule has 0 saturated carbocycles. The third-order valence-corrected chi connectivity index (χ3v) is 11.0. The number of nitrogens with zero attached hydrogens (tertiary/aromatic N) is 8. The van der Waals surface area contributed by atoms with Crippen molar-refractivity contribution in [2.45, 2.75) is 70.6 Å². The van der Waals surface area contributed by atoms with Gasteiger partial charge in [-0.25, -0.2) is 14.8 Å². The Bertz CT molecular complexity index is 2330. The van der Waals surface area contributed by atoms with Crippen LogP contribution in [0.4, 0.5) is 11.9 Å². The van der Waals surface area contributed by atoms with E-state index in [1.54, 1.807) is 60.0 Å². The van der Waals surface area contributed by atoms with Gasteiger partial charge < -0.3 is 45.6 Å². The maximum absolute atomic E-state index is 13.1. The van der Waals surface area contributed by atoms with Crippen molar-refractivity contribution in [3.8, 4) is 34.3 Å². The molecule has 2 saturated heterocycles. The molecular formula is C43H50N10O8. The molecule has 18 nitrogen and oxygen atoms in total. The first-order chi connectivity index (χ1) is 29.4. The number of rotatable bonds is 14.